The fourth-order valence-corrected chi connectivity index (χ4v) is 3.08. The number of nitrogens with zero attached hydrogens (tertiary/aromatic N) is 1. The minimum Gasteiger partial charge on any atom is -0.481 e. The van der Waals surface area contributed by atoms with Crippen LogP contribution in [0.4, 0.5) is 5.69 Å². The number of hydrogen-bond donors (Lipinski definition) is 2. The van der Waals surface area contributed by atoms with E-state index in [1.54, 1.807) is 18.2 Å². The van der Waals surface area contributed by atoms with E-state index in [0.29, 0.717) is 31.6 Å². The average Bonchev–Trinajstić information content (AvgIpc) is 2.38. The molecule has 1 aromatic carbocycles. The molecular weight excluding hydrogens is 268 g/mol. The highest BCUT2D eigenvalue weighted by atomic mass is 32.2. The molecule has 19 heavy (non-hydrogen) atoms. The van der Waals surface area contributed by atoms with E-state index < -0.39 is 16.0 Å². The number of primary sulfonamides is 1. The molecule has 1 aromatic rings. The van der Waals surface area contributed by atoms with Crippen molar-refractivity contribution in [2.24, 2.45) is 11.1 Å². The van der Waals surface area contributed by atoms with Crippen molar-refractivity contribution in [2.75, 3.05) is 18.0 Å². The van der Waals surface area contributed by atoms with E-state index in [0.717, 1.165) is 0 Å². The lowest BCUT2D eigenvalue weighted by atomic mass is 9.97. The fraction of sp³-hybridized carbons (Fsp3) is 0.417. The maximum absolute atomic E-state index is 11.5. The van der Waals surface area contributed by atoms with Gasteiger partial charge in [0.25, 0.3) is 0 Å². The van der Waals surface area contributed by atoms with Gasteiger partial charge in [-0.05, 0) is 25.0 Å². The number of aliphatic carboxylic acids is 1. The lowest BCUT2D eigenvalue weighted by Gasteiger charge is -2.32. The minimum atomic E-state index is -3.77. The Hall–Kier alpha value is -1.60. The summed E-state index contributed by atoms with van der Waals surface area (Å²) in [5.74, 6) is -1.14. The maximum atomic E-state index is 11.5. The molecule has 1 fully saturated rings. The number of carboxylic acid groups (broad SMARTS) is 1. The van der Waals surface area contributed by atoms with Gasteiger partial charge in [-0.25, -0.2) is 13.6 Å². The van der Waals surface area contributed by atoms with Crippen molar-refractivity contribution in [3.63, 3.8) is 0 Å². The average molecular weight is 284 g/mol. The van der Waals surface area contributed by atoms with Crippen LogP contribution in [0.1, 0.15) is 12.8 Å². The van der Waals surface area contributed by atoms with Crippen LogP contribution in [0.25, 0.3) is 0 Å². The highest BCUT2D eigenvalue weighted by Crippen LogP contribution is 2.28. The van der Waals surface area contributed by atoms with Crippen LogP contribution in [0.2, 0.25) is 0 Å². The van der Waals surface area contributed by atoms with Crippen LogP contribution in [-0.2, 0) is 14.8 Å². The van der Waals surface area contributed by atoms with E-state index in [9.17, 15) is 13.2 Å². The Kier molecular flexibility index (Phi) is 3.77. The number of para-hydroxylation sites is 1. The van der Waals surface area contributed by atoms with Gasteiger partial charge >= 0.3 is 5.97 Å². The predicted molar refractivity (Wildman–Crippen MR) is 70.4 cm³/mol. The van der Waals surface area contributed by atoms with Gasteiger partial charge in [0.1, 0.15) is 4.90 Å². The molecule has 7 heteroatoms. The second-order valence-electron chi connectivity index (χ2n) is 4.61. The molecule has 1 aliphatic rings. The lowest BCUT2D eigenvalue weighted by Crippen LogP contribution is -2.37. The number of nitrogens with two attached hydrogens (primary N) is 1. The third kappa shape index (κ3) is 3.05. The summed E-state index contributed by atoms with van der Waals surface area (Å²) in [6.45, 7) is 1.03. The molecule has 0 spiro atoms. The molecule has 3 N–H and O–H groups in total. The molecule has 0 amide bonds. The smallest absolute Gasteiger partial charge is 0.306 e. The van der Waals surface area contributed by atoms with Gasteiger partial charge in [-0.1, -0.05) is 12.1 Å². The number of sulfonamides is 1. The number of carbonyl (C=O) groups is 1. The molecule has 2 rings (SSSR count). The zero-order valence-electron chi connectivity index (χ0n) is 10.3. The van der Waals surface area contributed by atoms with Gasteiger partial charge in [0.15, 0.2) is 0 Å². The Morgan fingerprint density at radius 3 is 2.37 bits per heavy atom. The summed E-state index contributed by atoms with van der Waals surface area (Å²) in [4.78, 5) is 12.9. The Morgan fingerprint density at radius 2 is 1.84 bits per heavy atom. The molecule has 6 nitrogen and oxygen atoms in total. The Morgan fingerprint density at radius 1 is 1.26 bits per heavy atom. The number of anilines is 1. The zero-order valence-corrected chi connectivity index (χ0v) is 11.1. The number of benzene rings is 1. The van der Waals surface area contributed by atoms with Crippen molar-refractivity contribution < 1.29 is 18.3 Å². The van der Waals surface area contributed by atoms with Gasteiger partial charge in [0.05, 0.1) is 11.6 Å². The van der Waals surface area contributed by atoms with E-state index in [1.807, 2.05) is 4.90 Å². The van der Waals surface area contributed by atoms with Crippen LogP contribution in [0.5, 0.6) is 0 Å². The summed E-state index contributed by atoms with van der Waals surface area (Å²) in [6, 6.07) is 6.52. The van der Waals surface area contributed by atoms with Gasteiger partial charge in [0, 0.05) is 13.1 Å². The summed E-state index contributed by atoms with van der Waals surface area (Å²) in [7, 11) is -3.77. The first-order chi connectivity index (χ1) is 8.89. The van der Waals surface area contributed by atoms with Gasteiger partial charge in [-0.2, -0.15) is 0 Å². The number of piperidine rings is 1. The monoisotopic (exact) mass is 284 g/mol. The quantitative estimate of drug-likeness (QED) is 0.848. The van der Waals surface area contributed by atoms with E-state index in [1.165, 1.54) is 6.07 Å². The molecule has 0 atom stereocenters. The summed E-state index contributed by atoms with van der Waals surface area (Å²) in [6.07, 6.45) is 1.02. The molecule has 0 radical (unpaired) electrons. The number of carboxylic acids is 1. The van der Waals surface area contributed by atoms with Crippen LogP contribution >= 0.6 is 0 Å². The van der Waals surface area contributed by atoms with Crippen LogP contribution in [-0.4, -0.2) is 32.6 Å². The van der Waals surface area contributed by atoms with E-state index >= 15 is 0 Å². The molecule has 1 aliphatic heterocycles. The number of rotatable bonds is 3. The van der Waals surface area contributed by atoms with Crippen molar-refractivity contribution >= 4 is 21.7 Å². The van der Waals surface area contributed by atoms with Crippen LogP contribution in [0.15, 0.2) is 29.2 Å². The second kappa shape index (κ2) is 5.18. The van der Waals surface area contributed by atoms with E-state index in [4.69, 9.17) is 10.2 Å². The topological polar surface area (TPSA) is 101 Å². The van der Waals surface area contributed by atoms with E-state index in [2.05, 4.69) is 0 Å². The minimum absolute atomic E-state index is 0.0868. The summed E-state index contributed by atoms with van der Waals surface area (Å²) >= 11 is 0. The predicted octanol–water partition coefficient (Wildman–Crippen LogP) is 0.635. The Balaban J connectivity index is 2.23. The molecular formula is C12H16N2O4S. The zero-order chi connectivity index (χ0) is 14.0. The third-order valence-electron chi connectivity index (χ3n) is 3.36. The van der Waals surface area contributed by atoms with Crippen molar-refractivity contribution in [3.8, 4) is 0 Å². The molecule has 0 unspecified atom stereocenters. The normalized spacial score (nSPS) is 17.4. The fourth-order valence-electron chi connectivity index (χ4n) is 2.33. The molecule has 0 aromatic heterocycles. The standard InChI is InChI=1S/C12H16N2O4S/c13-19(17,18)11-4-2-1-3-10(11)14-7-5-9(6-8-14)12(15)16/h1-4,9H,5-8H2,(H,15,16)(H2,13,17,18). The summed E-state index contributed by atoms with van der Waals surface area (Å²) < 4.78 is 23.1. The van der Waals surface area contributed by atoms with Gasteiger partial charge in [0.2, 0.25) is 10.0 Å². The Bertz CT molecular complexity index is 577. The van der Waals surface area contributed by atoms with Crippen molar-refractivity contribution in [3.05, 3.63) is 24.3 Å². The van der Waals surface area contributed by atoms with Crippen molar-refractivity contribution in [1.29, 1.82) is 0 Å². The molecule has 0 aliphatic carbocycles. The summed E-state index contributed by atoms with van der Waals surface area (Å²) in [5.41, 5.74) is 0.550. The van der Waals surface area contributed by atoms with Crippen LogP contribution < -0.4 is 10.0 Å². The van der Waals surface area contributed by atoms with Crippen LogP contribution in [0, 0.1) is 5.92 Å². The first-order valence-corrected chi connectivity index (χ1v) is 7.54. The van der Waals surface area contributed by atoms with Gasteiger partial charge < -0.3 is 10.0 Å². The largest absolute Gasteiger partial charge is 0.481 e. The number of hydrogen-bond acceptors (Lipinski definition) is 4. The maximum Gasteiger partial charge on any atom is 0.306 e. The first kappa shape index (κ1) is 13.8. The van der Waals surface area contributed by atoms with E-state index in [-0.39, 0.29) is 10.8 Å². The molecule has 0 bridgehead atoms. The molecule has 1 heterocycles. The SMILES string of the molecule is NS(=O)(=O)c1ccccc1N1CCC(C(=O)O)CC1. The molecule has 0 saturated carbocycles. The van der Waals surface area contributed by atoms with Crippen molar-refractivity contribution in [2.45, 2.75) is 17.7 Å². The van der Waals surface area contributed by atoms with Gasteiger partial charge in [-0.15, -0.1) is 0 Å². The Labute approximate surface area is 111 Å². The summed E-state index contributed by atoms with van der Waals surface area (Å²) in [5, 5.41) is 14.1. The lowest BCUT2D eigenvalue weighted by molar-refractivity contribution is -0.142. The highest BCUT2D eigenvalue weighted by molar-refractivity contribution is 7.89. The van der Waals surface area contributed by atoms with Gasteiger partial charge in [-0.3, -0.25) is 4.79 Å². The highest BCUT2D eigenvalue weighted by Gasteiger charge is 2.27. The molecule has 1 saturated heterocycles. The second-order valence-corrected chi connectivity index (χ2v) is 6.14. The first-order valence-electron chi connectivity index (χ1n) is 5.99. The van der Waals surface area contributed by atoms with Crippen molar-refractivity contribution in [1.82, 2.24) is 0 Å². The van der Waals surface area contributed by atoms with Crippen LogP contribution in [0.3, 0.4) is 0 Å². The third-order valence-corrected chi connectivity index (χ3v) is 4.31. The molecule has 104 valence electrons.